The molecule has 0 radical (unpaired) electrons. The molecule has 0 saturated heterocycles. The van der Waals surface area contributed by atoms with Crippen molar-refractivity contribution in [3.63, 3.8) is 0 Å². The van der Waals surface area contributed by atoms with Crippen LogP contribution >= 0.6 is 0 Å². The minimum Gasteiger partial charge on any atom is -0.493 e. The number of hydrogen-bond acceptors (Lipinski definition) is 5. The summed E-state index contributed by atoms with van der Waals surface area (Å²) in [5, 5.41) is 13.7. The Morgan fingerprint density at radius 2 is 1.69 bits per heavy atom. The van der Waals surface area contributed by atoms with Crippen molar-refractivity contribution in [2.24, 2.45) is 0 Å². The first-order chi connectivity index (χ1) is 14.0. The van der Waals surface area contributed by atoms with E-state index >= 15 is 0 Å². The van der Waals surface area contributed by atoms with Crippen LogP contribution < -0.4 is 14.8 Å². The normalized spacial score (nSPS) is 12.2. The molecule has 2 aromatic carbocycles. The van der Waals surface area contributed by atoms with Crippen molar-refractivity contribution in [2.75, 3.05) is 39.9 Å². The molecule has 1 atom stereocenters. The molecule has 0 unspecified atom stereocenters. The van der Waals surface area contributed by atoms with Gasteiger partial charge in [0.05, 0.1) is 7.11 Å². The van der Waals surface area contributed by atoms with Gasteiger partial charge >= 0.3 is 0 Å². The molecule has 0 saturated carbocycles. The quantitative estimate of drug-likeness (QED) is 0.505. The van der Waals surface area contributed by atoms with Crippen molar-refractivity contribution in [2.45, 2.75) is 39.8 Å². The molecule has 2 aromatic rings. The van der Waals surface area contributed by atoms with Gasteiger partial charge in [0.15, 0.2) is 11.5 Å². The van der Waals surface area contributed by atoms with Gasteiger partial charge in [-0.25, -0.2) is 0 Å². The van der Waals surface area contributed by atoms with Crippen LogP contribution in [-0.4, -0.2) is 56.0 Å². The molecule has 0 heterocycles. The van der Waals surface area contributed by atoms with Crippen LogP contribution in [0, 0.1) is 6.92 Å². The summed E-state index contributed by atoms with van der Waals surface area (Å²) >= 11 is 0. The van der Waals surface area contributed by atoms with Crippen molar-refractivity contribution >= 4 is 0 Å². The maximum Gasteiger partial charge on any atom is 0.161 e. The first kappa shape index (κ1) is 23.2. The Morgan fingerprint density at radius 3 is 2.34 bits per heavy atom. The summed E-state index contributed by atoms with van der Waals surface area (Å²) in [4.78, 5) is 2.18. The van der Waals surface area contributed by atoms with Gasteiger partial charge in [0.25, 0.3) is 0 Å². The number of benzene rings is 2. The Morgan fingerprint density at radius 1 is 1.00 bits per heavy atom. The number of rotatable bonds is 13. The standard InChI is InChI=1S/C24H36N2O3/c1-5-26(6-2)17-22(27)18-29-24-15-21(11-12-23(24)28-4)16-25-14-13-20-9-7-19(3)8-10-20/h7-12,15,22,25,27H,5-6,13-14,16-18H2,1-4H3/t22-/m1/s1. The van der Waals surface area contributed by atoms with E-state index < -0.39 is 6.10 Å². The van der Waals surface area contributed by atoms with Crippen molar-refractivity contribution in [1.82, 2.24) is 10.2 Å². The Hall–Kier alpha value is -2.08. The van der Waals surface area contributed by atoms with E-state index in [2.05, 4.69) is 55.3 Å². The third-order valence-electron chi connectivity index (χ3n) is 5.06. The Labute approximate surface area is 175 Å². The van der Waals surface area contributed by atoms with Gasteiger partial charge < -0.3 is 24.8 Å². The summed E-state index contributed by atoms with van der Waals surface area (Å²) in [6.07, 6.45) is 0.466. The van der Waals surface area contributed by atoms with E-state index in [4.69, 9.17) is 9.47 Å². The summed E-state index contributed by atoms with van der Waals surface area (Å²) in [7, 11) is 1.63. The van der Waals surface area contributed by atoms with Crippen molar-refractivity contribution < 1.29 is 14.6 Å². The van der Waals surface area contributed by atoms with E-state index in [1.54, 1.807) is 7.11 Å². The topological polar surface area (TPSA) is 54.0 Å². The lowest BCUT2D eigenvalue weighted by Crippen LogP contribution is -2.35. The second kappa shape index (κ2) is 12.5. The average molecular weight is 401 g/mol. The van der Waals surface area contributed by atoms with E-state index in [0.29, 0.717) is 18.0 Å². The largest absolute Gasteiger partial charge is 0.493 e. The zero-order chi connectivity index (χ0) is 21.1. The molecule has 0 aromatic heterocycles. The van der Waals surface area contributed by atoms with Gasteiger partial charge in [-0.1, -0.05) is 49.7 Å². The first-order valence-corrected chi connectivity index (χ1v) is 10.5. The van der Waals surface area contributed by atoms with E-state index in [-0.39, 0.29) is 6.61 Å². The number of aliphatic hydroxyl groups is 1. The monoisotopic (exact) mass is 400 g/mol. The molecule has 0 spiro atoms. The number of aryl methyl sites for hydroxylation is 1. The molecule has 0 aliphatic carbocycles. The summed E-state index contributed by atoms with van der Waals surface area (Å²) in [6, 6.07) is 14.6. The molecular weight excluding hydrogens is 364 g/mol. The fourth-order valence-corrected chi connectivity index (χ4v) is 3.18. The highest BCUT2D eigenvalue weighted by molar-refractivity contribution is 5.43. The fraction of sp³-hybridized carbons (Fsp3) is 0.500. The van der Waals surface area contributed by atoms with Gasteiger partial charge in [-0.3, -0.25) is 0 Å². The van der Waals surface area contributed by atoms with Gasteiger partial charge in [-0.2, -0.15) is 0 Å². The summed E-state index contributed by atoms with van der Waals surface area (Å²) < 4.78 is 11.3. The van der Waals surface area contributed by atoms with E-state index in [1.165, 1.54) is 11.1 Å². The van der Waals surface area contributed by atoms with Gasteiger partial charge in [-0.15, -0.1) is 0 Å². The number of hydrogen-bond donors (Lipinski definition) is 2. The smallest absolute Gasteiger partial charge is 0.161 e. The van der Waals surface area contributed by atoms with Crippen LogP contribution in [0.1, 0.15) is 30.5 Å². The van der Waals surface area contributed by atoms with Crippen molar-refractivity contribution in [1.29, 1.82) is 0 Å². The lowest BCUT2D eigenvalue weighted by atomic mass is 10.1. The molecule has 5 heteroatoms. The van der Waals surface area contributed by atoms with Gasteiger partial charge in [0.2, 0.25) is 0 Å². The van der Waals surface area contributed by atoms with E-state index in [9.17, 15) is 5.11 Å². The van der Waals surface area contributed by atoms with Crippen LogP contribution in [0.15, 0.2) is 42.5 Å². The van der Waals surface area contributed by atoms with E-state index in [0.717, 1.165) is 38.2 Å². The molecule has 2 N–H and O–H groups in total. The predicted molar refractivity (Wildman–Crippen MR) is 119 cm³/mol. The molecule has 2 rings (SSSR count). The maximum absolute atomic E-state index is 10.3. The number of ether oxygens (including phenoxy) is 2. The molecular formula is C24H36N2O3. The lowest BCUT2D eigenvalue weighted by molar-refractivity contribution is 0.0705. The van der Waals surface area contributed by atoms with Crippen LogP contribution in [0.3, 0.4) is 0 Å². The van der Waals surface area contributed by atoms with Crippen LogP contribution in [0.4, 0.5) is 0 Å². The zero-order valence-corrected chi connectivity index (χ0v) is 18.3. The second-order valence-corrected chi connectivity index (χ2v) is 7.35. The summed E-state index contributed by atoms with van der Waals surface area (Å²) in [6.45, 7) is 10.6. The highest BCUT2D eigenvalue weighted by Crippen LogP contribution is 2.28. The SMILES string of the molecule is CCN(CC)C[C@@H](O)COc1cc(CNCCc2ccc(C)cc2)ccc1OC. The number of nitrogens with zero attached hydrogens (tertiary/aromatic N) is 1. The first-order valence-electron chi connectivity index (χ1n) is 10.5. The lowest BCUT2D eigenvalue weighted by Gasteiger charge is -2.22. The van der Waals surface area contributed by atoms with Crippen LogP contribution in [0.5, 0.6) is 11.5 Å². The number of likely N-dealkylation sites (N-methyl/N-ethyl adjacent to an activating group) is 1. The van der Waals surface area contributed by atoms with Gasteiger partial charge in [0, 0.05) is 13.1 Å². The Kier molecular flexibility index (Phi) is 9.98. The number of methoxy groups -OCH3 is 1. The van der Waals surface area contributed by atoms with Gasteiger partial charge in [-0.05, 0) is 56.2 Å². The van der Waals surface area contributed by atoms with Crippen LogP contribution in [-0.2, 0) is 13.0 Å². The highest BCUT2D eigenvalue weighted by atomic mass is 16.5. The van der Waals surface area contributed by atoms with Gasteiger partial charge in [0.1, 0.15) is 12.7 Å². The number of aliphatic hydroxyl groups excluding tert-OH is 1. The average Bonchev–Trinajstić information content (AvgIpc) is 2.74. The van der Waals surface area contributed by atoms with Crippen LogP contribution in [0.25, 0.3) is 0 Å². The predicted octanol–water partition coefficient (Wildman–Crippen LogP) is 3.42. The summed E-state index contributed by atoms with van der Waals surface area (Å²) in [5.41, 5.74) is 3.75. The Bertz CT molecular complexity index is 715. The minimum atomic E-state index is -0.532. The molecule has 160 valence electrons. The minimum absolute atomic E-state index is 0.247. The van der Waals surface area contributed by atoms with Crippen LogP contribution in [0.2, 0.25) is 0 Å². The fourth-order valence-electron chi connectivity index (χ4n) is 3.18. The zero-order valence-electron chi connectivity index (χ0n) is 18.3. The van der Waals surface area contributed by atoms with Crippen molar-refractivity contribution in [3.8, 4) is 11.5 Å². The second-order valence-electron chi connectivity index (χ2n) is 7.35. The Balaban J connectivity index is 1.84. The highest BCUT2D eigenvalue weighted by Gasteiger charge is 2.12. The molecule has 0 fully saturated rings. The maximum atomic E-state index is 10.3. The number of nitrogens with one attached hydrogen (secondary N) is 1. The molecule has 5 nitrogen and oxygen atoms in total. The van der Waals surface area contributed by atoms with E-state index in [1.807, 2.05) is 18.2 Å². The third-order valence-corrected chi connectivity index (χ3v) is 5.06. The molecule has 0 bridgehead atoms. The molecule has 0 amide bonds. The van der Waals surface area contributed by atoms with Crippen molar-refractivity contribution in [3.05, 3.63) is 59.2 Å². The molecule has 29 heavy (non-hydrogen) atoms. The molecule has 0 aliphatic rings. The summed E-state index contributed by atoms with van der Waals surface area (Å²) in [5.74, 6) is 1.35. The molecule has 0 aliphatic heterocycles. The third kappa shape index (κ3) is 8.05.